The molecule has 4 heteroatoms. The third kappa shape index (κ3) is 2.43. The third-order valence-corrected chi connectivity index (χ3v) is 3.72. The van der Waals surface area contributed by atoms with Crippen molar-refractivity contribution in [1.29, 1.82) is 0 Å². The lowest BCUT2D eigenvalue weighted by atomic mass is 9.95. The number of carbonyl (C=O) groups excluding carboxylic acids is 2. The van der Waals surface area contributed by atoms with Gasteiger partial charge in [-0.05, 0) is 19.9 Å². The Bertz CT molecular complexity index is 269. The van der Waals surface area contributed by atoms with Gasteiger partial charge in [0.2, 0.25) is 11.8 Å². The summed E-state index contributed by atoms with van der Waals surface area (Å²) in [5.41, 5.74) is 0. The lowest BCUT2D eigenvalue weighted by molar-refractivity contribution is -0.141. The fourth-order valence-corrected chi connectivity index (χ4v) is 2.64. The summed E-state index contributed by atoms with van der Waals surface area (Å²) in [4.78, 5) is 26.5. The molecule has 0 aromatic rings. The molecule has 2 rings (SSSR count). The van der Waals surface area contributed by atoms with Gasteiger partial charge in [-0.1, -0.05) is 19.3 Å². The summed E-state index contributed by atoms with van der Waals surface area (Å²) in [6.45, 7) is 0.488. The number of hydrogen-bond acceptors (Lipinski definition) is 3. The van der Waals surface area contributed by atoms with Crippen molar-refractivity contribution in [3.63, 3.8) is 0 Å². The molecule has 1 aliphatic heterocycles. The van der Waals surface area contributed by atoms with E-state index in [0.29, 0.717) is 25.6 Å². The Morgan fingerprint density at radius 1 is 1.12 bits per heavy atom. The molecule has 2 fully saturated rings. The van der Waals surface area contributed by atoms with Crippen LogP contribution in [0.3, 0.4) is 0 Å². The largest absolute Gasteiger partial charge is 0.286 e. The predicted octanol–water partition coefficient (Wildman–Crippen LogP) is 1.36. The van der Waals surface area contributed by atoms with E-state index in [1.807, 2.05) is 7.05 Å². The van der Waals surface area contributed by atoms with E-state index >= 15 is 0 Å². The molecule has 1 aliphatic carbocycles. The highest BCUT2D eigenvalue weighted by molar-refractivity contribution is 6.01. The summed E-state index contributed by atoms with van der Waals surface area (Å²) in [5, 5.41) is 0. The maximum Gasteiger partial charge on any atom is 0.230 e. The highest BCUT2D eigenvalue weighted by Gasteiger charge is 2.31. The van der Waals surface area contributed by atoms with Gasteiger partial charge in [0.25, 0.3) is 0 Å². The van der Waals surface area contributed by atoms with Crippen molar-refractivity contribution in [2.45, 2.75) is 51.0 Å². The van der Waals surface area contributed by atoms with Crippen molar-refractivity contribution in [2.24, 2.45) is 0 Å². The molecule has 0 aromatic heterocycles. The molecule has 2 aliphatic rings. The summed E-state index contributed by atoms with van der Waals surface area (Å²) in [6.07, 6.45) is 7.08. The number of imide groups is 1. The molecule has 0 unspecified atom stereocenters. The molecule has 0 aromatic carbocycles. The minimum atomic E-state index is -0.00680. The molecule has 1 heterocycles. The van der Waals surface area contributed by atoms with Crippen LogP contribution in [0, 0.1) is 0 Å². The van der Waals surface area contributed by atoms with E-state index in [9.17, 15) is 9.59 Å². The Hall–Kier alpha value is -0.900. The van der Waals surface area contributed by atoms with E-state index in [1.54, 1.807) is 0 Å². The Balaban J connectivity index is 1.88. The standard InChI is InChI=1S/C12H20N2O2/c1-13(10-5-3-2-4-6-10)9-14-11(15)7-8-12(14)16/h10H,2-9H2,1H3. The smallest absolute Gasteiger partial charge is 0.230 e. The summed E-state index contributed by atoms with van der Waals surface area (Å²) in [5.74, 6) is -0.0136. The maximum absolute atomic E-state index is 11.5. The lowest BCUT2D eigenvalue weighted by Gasteiger charge is -2.33. The third-order valence-electron chi connectivity index (χ3n) is 3.72. The second kappa shape index (κ2) is 4.95. The summed E-state index contributed by atoms with van der Waals surface area (Å²) in [7, 11) is 2.02. The molecule has 90 valence electrons. The molecule has 2 amide bonds. The van der Waals surface area contributed by atoms with Crippen molar-refractivity contribution in [3.8, 4) is 0 Å². The minimum Gasteiger partial charge on any atom is -0.286 e. The molecule has 0 radical (unpaired) electrons. The first-order chi connectivity index (χ1) is 7.68. The van der Waals surface area contributed by atoms with Crippen LogP contribution in [0.4, 0.5) is 0 Å². The van der Waals surface area contributed by atoms with Crippen LogP contribution < -0.4 is 0 Å². The number of nitrogens with zero attached hydrogens (tertiary/aromatic N) is 2. The zero-order valence-electron chi connectivity index (χ0n) is 9.95. The number of amides is 2. The Labute approximate surface area is 96.6 Å². The average molecular weight is 224 g/mol. The predicted molar refractivity (Wildman–Crippen MR) is 60.6 cm³/mol. The first-order valence-electron chi connectivity index (χ1n) is 6.22. The molecule has 0 N–H and O–H groups in total. The van der Waals surface area contributed by atoms with E-state index in [0.717, 1.165) is 0 Å². The van der Waals surface area contributed by atoms with Gasteiger partial charge in [-0.25, -0.2) is 0 Å². The van der Waals surface area contributed by atoms with Crippen LogP contribution in [0.2, 0.25) is 0 Å². The molecule has 0 atom stereocenters. The minimum absolute atomic E-state index is 0.00680. The van der Waals surface area contributed by atoms with Crippen LogP contribution >= 0.6 is 0 Å². The van der Waals surface area contributed by atoms with E-state index in [4.69, 9.17) is 0 Å². The van der Waals surface area contributed by atoms with Crippen molar-refractivity contribution >= 4 is 11.8 Å². The first kappa shape index (κ1) is 11.6. The Morgan fingerprint density at radius 2 is 1.69 bits per heavy atom. The van der Waals surface area contributed by atoms with Gasteiger partial charge in [-0.15, -0.1) is 0 Å². The Kier molecular flexibility index (Phi) is 3.59. The Morgan fingerprint density at radius 3 is 2.25 bits per heavy atom. The molecule has 0 spiro atoms. The van der Waals surface area contributed by atoms with Crippen molar-refractivity contribution in [3.05, 3.63) is 0 Å². The zero-order chi connectivity index (χ0) is 11.5. The van der Waals surface area contributed by atoms with E-state index in [1.165, 1.54) is 37.0 Å². The topological polar surface area (TPSA) is 40.6 Å². The molecule has 1 saturated carbocycles. The first-order valence-corrected chi connectivity index (χ1v) is 6.22. The van der Waals surface area contributed by atoms with Crippen LogP contribution in [0.15, 0.2) is 0 Å². The second-order valence-electron chi connectivity index (χ2n) is 4.91. The monoisotopic (exact) mass is 224 g/mol. The molecule has 4 nitrogen and oxygen atoms in total. The van der Waals surface area contributed by atoms with Crippen LogP contribution in [0.5, 0.6) is 0 Å². The van der Waals surface area contributed by atoms with Gasteiger partial charge < -0.3 is 0 Å². The lowest BCUT2D eigenvalue weighted by Crippen LogP contribution is -2.44. The quantitative estimate of drug-likeness (QED) is 0.680. The van der Waals surface area contributed by atoms with Crippen LogP contribution in [0.1, 0.15) is 44.9 Å². The fourth-order valence-electron chi connectivity index (χ4n) is 2.64. The van der Waals surface area contributed by atoms with Crippen molar-refractivity contribution in [1.82, 2.24) is 9.80 Å². The second-order valence-corrected chi connectivity index (χ2v) is 4.91. The number of rotatable bonds is 3. The highest BCUT2D eigenvalue weighted by atomic mass is 16.2. The van der Waals surface area contributed by atoms with Gasteiger partial charge >= 0.3 is 0 Å². The molecular weight excluding hydrogens is 204 g/mol. The van der Waals surface area contributed by atoms with E-state index < -0.39 is 0 Å². The van der Waals surface area contributed by atoms with Gasteiger partial charge in [0, 0.05) is 18.9 Å². The molecule has 16 heavy (non-hydrogen) atoms. The normalized spacial score (nSPS) is 23.5. The van der Waals surface area contributed by atoms with Crippen LogP contribution in [-0.2, 0) is 9.59 Å². The summed E-state index contributed by atoms with van der Waals surface area (Å²) < 4.78 is 0. The number of carbonyl (C=O) groups is 2. The van der Waals surface area contributed by atoms with Crippen molar-refractivity contribution < 1.29 is 9.59 Å². The van der Waals surface area contributed by atoms with Gasteiger partial charge in [0.1, 0.15) is 0 Å². The fraction of sp³-hybridized carbons (Fsp3) is 0.833. The van der Waals surface area contributed by atoms with E-state index in [-0.39, 0.29) is 11.8 Å². The molecular formula is C12H20N2O2. The highest BCUT2D eigenvalue weighted by Crippen LogP contribution is 2.22. The number of hydrogen-bond donors (Lipinski definition) is 0. The summed E-state index contributed by atoms with van der Waals surface area (Å²) >= 11 is 0. The van der Waals surface area contributed by atoms with Crippen LogP contribution in [-0.4, -0.2) is 41.4 Å². The van der Waals surface area contributed by atoms with Gasteiger partial charge in [0.15, 0.2) is 0 Å². The summed E-state index contributed by atoms with van der Waals surface area (Å²) in [6, 6.07) is 0.551. The van der Waals surface area contributed by atoms with Gasteiger partial charge in [-0.3, -0.25) is 19.4 Å². The maximum atomic E-state index is 11.5. The van der Waals surface area contributed by atoms with Gasteiger partial charge in [-0.2, -0.15) is 0 Å². The molecule has 0 bridgehead atoms. The van der Waals surface area contributed by atoms with Crippen LogP contribution in [0.25, 0.3) is 0 Å². The zero-order valence-corrected chi connectivity index (χ0v) is 9.95. The molecule has 1 saturated heterocycles. The van der Waals surface area contributed by atoms with Gasteiger partial charge in [0.05, 0.1) is 6.67 Å². The number of likely N-dealkylation sites (tertiary alicyclic amines) is 1. The van der Waals surface area contributed by atoms with E-state index in [2.05, 4.69) is 4.90 Å². The average Bonchev–Trinajstić information content (AvgIpc) is 2.62. The van der Waals surface area contributed by atoms with Crippen molar-refractivity contribution in [2.75, 3.05) is 13.7 Å². The SMILES string of the molecule is CN(CN1C(=O)CCC1=O)C1CCCCC1.